The molecule has 2 amide bonds. The number of rotatable bonds is 4. The molecule has 0 radical (unpaired) electrons. The van der Waals surface area contributed by atoms with Crippen LogP contribution in [0.1, 0.15) is 42.5 Å². The number of carbonyl (C=O) groups is 2. The molecule has 0 saturated carbocycles. The molecule has 124 valence electrons. The third-order valence-electron chi connectivity index (χ3n) is 4.45. The van der Waals surface area contributed by atoms with Crippen LogP contribution in [0.15, 0.2) is 30.9 Å². The van der Waals surface area contributed by atoms with Crippen molar-refractivity contribution in [3.63, 3.8) is 0 Å². The molecule has 1 heterocycles. The number of hydrogen-bond acceptors (Lipinski definition) is 2. The Morgan fingerprint density at radius 2 is 1.78 bits per heavy atom. The van der Waals surface area contributed by atoms with Gasteiger partial charge in [0.2, 0.25) is 11.8 Å². The zero-order chi connectivity index (χ0) is 17.0. The van der Waals surface area contributed by atoms with E-state index in [2.05, 4.69) is 43.9 Å². The van der Waals surface area contributed by atoms with Crippen molar-refractivity contribution in [1.82, 2.24) is 10.2 Å². The maximum atomic E-state index is 12.5. The van der Waals surface area contributed by atoms with Gasteiger partial charge in [0.25, 0.3) is 0 Å². The number of benzene rings is 1. The zero-order valence-electron chi connectivity index (χ0n) is 14.3. The van der Waals surface area contributed by atoms with Gasteiger partial charge in [0.15, 0.2) is 0 Å². The van der Waals surface area contributed by atoms with Gasteiger partial charge < -0.3 is 10.2 Å². The molecule has 1 saturated heterocycles. The Kier molecular flexibility index (Phi) is 5.59. The van der Waals surface area contributed by atoms with Gasteiger partial charge in [-0.1, -0.05) is 35.9 Å². The molecule has 0 spiro atoms. The lowest BCUT2D eigenvalue weighted by molar-refractivity contribution is -0.132. The molecule has 0 aliphatic carbocycles. The van der Waals surface area contributed by atoms with Gasteiger partial charge >= 0.3 is 0 Å². The van der Waals surface area contributed by atoms with E-state index in [0.29, 0.717) is 25.9 Å². The van der Waals surface area contributed by atoms with Gasteiger partial charge in [-0.3, -0.25) is 9.59 Å². The fourth-order valence-electron chi connectivity index (χ4n) is 3.17. The molecule has 1 aromatic rings. The van der Waals surface area contributed by atoms with Crippen LogP contribution in [0.5, 0.6) is 0 Å². The lowest BCUT2D eigenvalue weighted by atomic mass is 9.94. The first-order chi connectivity index (χ1) is 10.9. The Morgan fingerprint density at radius 3 is 2.30 bits per heavy atom. The van der Waals surface area contributed by atoms with Crippen molar-refractivity contribution in [2.75, 3.05) is 13.1 Å². The summed E-state index contributed by atoms with van der Waals surface area (Å²) < 4.78 is 0. The minimum Gasteiger partial charge on any atom is -0.349 e. The molecule has 0 bridgehead atoms. The van der Waals surface area contributed by atoms with E-state index in [1.165, 1.54) is 17.2 Å². The molecule has 1 fully saturated rings. The molecule has 1 unspecified atom stereocenters. The van der Waals surface area contributed by atoms with Crippen molar-refractivity contribution in [3.8, 4) is 0 Å². The topological polar surface area (TPSA) is 49.4 Å². The van der Waals surface area contributed by atoms with Gasteiger partial charge in [0.05, 0.1) is 6.04 Å². The Bertz CT molecular complexity index is 581. The predicted molar refractivity (Wildman–Crippen MR) is 92.0 cm³/mol. The van der Waals surface area contributed by atoms with E-state index >= 15 is 0 Å². The number of likely N-dealkylation sites (tertiary alicyclic amines) is 1. The Morgan fingerprint density at radius 1 is 1.22 bits per heavy atom. The van der Waals surface area contributed by atoms with Crippen LogP contribution in [0.3, 0.4) is 0 Å². The van der Waals surface area contributed by atoms with Crippen molar-refractivity contribution in [2.45, 2.75) is 39.7 Å². The number of hydrogen-bond donors (Lipinski definition) is 1. The second-order valence-corrected chi connectivity index (χ2v) is 6.46. The highest BCUT2D eigenvalue weighted by atomic mass is 16.2. The van der Waals surface area contributed by atoms with E-state index in [0.717, 1.165) is 5.56 Å². The highest BCUT2D eigenvalue weighted by molar-refractivity contribution is 5.87. The summed E-state index contributed by atoms with van der Waals surface area (Å²) >= 11 is 0. The molecular weight excluding hydrogens is 288 g/mol. The summed E-state index contributed by atoms with van der Waals surface area (Å²) in [7, 11) is 0. The molecule has 1 aliphatic rings. The molecule has 2 rings (SSSR count). The second-order valence-electron chi connectivity index (χ2n) is 6.46. The summed E-state index contributed by atoms with van der Waals surface area (Å²) in [4.78, 5) is 25.8. The minimum atomic E-state index is -0.0486. The van der Waals surface area contributed by atoms with Crippen LogP contribution in [0.25, 0.3) is 0 Å². The third-order valence-corrected chi connectivity index (χ3v) is 4.45. The first-order valence-electron chi connectivity index (χ1n) is 8.20. The quantitative estimate of drug-likeness (QED) is 0.869. The van der Waals surface area contributed by atoms with Gasteiger partial charge in [0.1, 0.15) is 0 Å². The largest absolute Gasteiger partial charge is 0.349 e. The normalized spacial score (nSPS) is 16.7. The van der Waals surface area contributed by atoms with E-state index < -0.39 is 0 Å². The Balaban J connectivity index is 1.92. The van der Waals surface area contributed by atoms with Gasteiger partial charge in [-0.2, -0.15) is 0 Å². The van der Waals surface area contributed by atoms with Crippen molar-refractivity contribution in [2.24, 2.45) is 5.92 Å². The maximum Gasteiger partial charge on any atom is 0.245 e. The van der Waals surface area contributed by atoms with E-state index in [1.807, 2.05) is 6.92 Å². The summed E-state index contributed by atoms with van der Waals surface area (Å²) in [5, 5.41) is 3.12. The summed E-state index contributed by atoms with van der Waals surface area (Å²) in [5.74, 6) is 0.0204. The minimum absolute atomic E-state index is 0.00561. The Hall–Kier alpha value is -2.10. The molecule has 1 atom stereocenters. The third kappa shape index (κ3) is 4.44. The van der Waals surface area contributed by atoms with Gasteiger partial charge in [-0.15, -0.1) is 0 Å². The molecule has 0 aromatic heterocycles. The van der Waals surface area contributed by atoms with E-state index in [4.69, 9.17) is 0 Å². The SMILES string of the molecule is C=CC(=O)N1CCC(C(=O)NC(C)c2cc(C)cc(C)c2)CC1. The van der Waals surface area contributed by atoms with Gasteiger partial charge in [-0.25, -0.2) is 0 Å². The Labute approximate surface area is 138 Å². The molecule has 23 heavy (non-hydrogen) atoms. The second kappa shape index (κ2) is 7.44. The lowest BCUT2D eigenvalue weighted by Crippen LogP contribution is -2.42. The molecule has 1 aromatic carbocycles. The van der Waals surface area contributed by atoms with Crippen LogP contribution in [0.2, 0.25) is 0 Å². The van der Waals surface area contributed by atoms with Crippen molar-refractivity contribution < 1.29 is 9.59 Å². The van der Waals surface area contributed by atoms with E-state index in [-0.39, 0.29) is 23.8 Å². The number of nitrogens with one attached hydrogen (secondary N) is 1. The van der Waals surface area contributed by atoms with Crippen LogP contribution in [0.4, 0.5) is 0 Å². The molecule has 1 aliphatic heterocycles. The number of nitrogens with zero attached hydrogens (tertiary/aromatic N) is 1. The predicted octanol–water partition coefficient (Wildman–Crippen LogP) is 2.91. The zero-order valence-corrected chi connectivity index (χ0v) is 14.3. The number of amides is 2. The number of piperidine rings is 1. The maximum absolute atomic E-state index is 12.5. The first-order valence-corrected chi connectivity index (χ1v) is 8.20. The van der Waals surface area contributed by atoms with Crippen LogP contribution in [-0.2, 0) is 9.59 Å². The smallest absolute Gasteiger partial charge is 0.245 e. The fourth-order valence-corrected chi connectivity index (χ4v) is 3.17. The molecule has 4 heteroatoms. The van der Waals surface area contributed by atoms with Gasteiger partial charge in [0, 0.05) is 19.0 Å². The fraction of sp³-hybridized carbons (Fsp3) is 0.474. The van der Waals surface area contributed by atoms with Gasteiger partial charge in [-0.05, 0) is 45.3 Å². The van der Waals surface area contributed by atoms with Crippen molar-refractivity contribution >= 4 is 11.8 Å². The highest BCUT2D eigenvalue weighted by Gasteiger charge is 2.27. The molecular formula is C19H26N2O2. The van der Waals surface area contributed by atoms with Crippen LogP contribution in [0, 0.1) is 19.8 Å². The average molecular weight is 314 g/mol. The van der Waals surface area contributed by atoms with Crippen LogP contribution in [-0.4, -0.2) is 29.8 Å². The summed E-state index contributed by atoms with van der Waals surface area (Å²) in [6.07, 6.45) is 2.76. The van der Waals surface area contributed by atoms with Crippen molar-refractivity contribution in [3.05, 3.63) is 47.5 Å². The summed E-state index contributed by atoms with van der Waals surface area (Å²) in [6.45, 7) is 10.9. The van der Waals surface area contributed by atoms with Crippen LogP contribution < -0.4 is 5.32 Å². The molecule has 1 N–H and O–H groups in total. The average Bonchev–Trinajstić information content (AvgIpc) is 2.53. The first kappa shape index (κ1) is 17.3. The van der Waals surface area contributed by atoms with Crippen LogP contribution >= 0.6 is 0 Å². The van der Waals surface area contributed by atoms with E-state index in [9.17, 15) is 9.59 Å². The summed E-state index contributed by atoms with van der Waals surface area (Å²) in [6, 6.07) is 6.35. The monoisotopic (exact) mass is 314 g/mol. The highest BCUT2D eigenvalue weighted by Crippen LogP contribution is 2.21. The number of aryl methyl sites for hydroxylation is 2. The number of carbonyl (C=O) groups excluding carboxylic acids is 2. The molecule has 4 nitrogen and oxygen atoms in total. The summed E-state index contributed by atoms with van der Waals surface area (Å²) in [5.41, 5.74) is 3.55. The lowest BCUT2D eigenvalue weighted by Gasteiger charge is -2.31. The van der Waals surface area contributed by atoms with Crippen molar-refractivity contribution in [1.29, 1.82) is 0 Å². The standard InChI is InChI=1S/C19H26N2O2/c1-5-18(22)21-8-6-16(7-9-21)19(23)20-15(4)17-11-13(2)10-14(3)12-17/h5,10-12,15-16H,1,6-9H2,2-4H3,(H,20,23). The van der Waals surface area contributed by atoms with E-state index in [1.54, 1.807) is 4.90 Å².